The third-order valence-corrected chi connectivity index (χ3v) is 4.90. The molecule has 0 aliphatic carbocycles. The molecule has 1 heterocycles. The molecule has 1 saturated heterocycles. The van der Waals surface area contributed by atoms with Crippen LogP contribution in [0.25, 0.3) is 0 Å². The molecule has 4 heteroatoms. The minimum atomic E-state index is 0.0169. The van der Waals surface area contributed by atoms with E-state index in [0.29, 0.717) is 5.56 Å². The first-order valence-corrected chi connectivity index (χ1v) is 9.36. The van der Waals surface area contributed by atoms with Gasteiger partial charge in [0.25, 0.3) is 5.91 Å². The zero-order chi connectivity index (χ0) is 18.4. The Labute approximate surface area is 156 Å². The molecule has 0 aromatic heterocycles. The van der Waals surface area contributed by atoms with E-state index in [-0.39, 0.29) is 12.0 Å². The summed E-state index contributed by atoms with van der Waals surface area (Å²) in [7, 11) is 3.52. The number of hydrogen-bond acceptors (Lipinski definition) is 3. The Hall–Kier alpha value is -2.33. The molecule has 0 spiro atoms. The molecule has 0 atom stereocenters. The average molecular weight is 352 g/mol. The zero-order valence-electron chi connectivity index (χ0n) is 15.7. The van der Waals surface area contributed by atoms with Crippen LogP contribution in [0.4, 0.5) is 0 Å². The van der Waals surface area contributed by atoms with Crippen LogP contribution in [0.1, 0.15) is 28.8 Å². The molecule has 26 heavy (non-hydrogen) atoms. The van der Waals surface area contributed by atoms with E-state index in [4.69, 9.17) is 4.74 Å². The Bertz CT molecular complexity index is 690. The van der Waals surface area contributed by atoms with Crippen LogP contribution < -0.4 is 4.74 Å². The SMILES string of the molecule is CN(C)C(=O)c1ccc(OC2CCN(CCc3ccccc3)CC2)cc1. The normalized spacial score (nSPS) is 15.6. The molecule has 3 rings (SSSR count). The van der Waals surface area contributed by atoms with Crippen molar-refractivity contribution in [2.75, 3.05) is 33.7 Å². The Morgan fingerprint density at radius 3 is 2.31 bits per heavy atom. The van der Waals surface area contributed by atoms with Crippen LogP contribution in [-0.4, -0.2) is 55.5 Å². The number of carbonyl (C=O) groups is 1. The number of nitrogens with zero attached hydrogens (tertiary/aromatic N) is 2. The van der Waals surface area contributed by atoms with Gasteiger partial charge >= 0.3 is 0 Å². The maximum atomic E-state index is 11.9. The summed E-state index contributed by atoms with van der Waals surface area (Å²) in [6, 6.07) is 18.1. The number of ether oxygens (including phenoxy) is 1. The molecule has 1 aliphatic heterocycles. The first-order valence-electron chi connectivity index (χ1n) is 9.36. The van der Waals surface area contributed by atoms with E-state index in [1.54, 1.807) is 19.0 Å². The maximum absolute atomic E-state index is 11.9. The molecule has 0 N–H and O–H groups in total. The fourth-order valence-corrected chi connectivity index (χ4v) is 3.31. The molecule has 0 saturated carbocycles. The van der Waals surface area contributed by atoms with Gasteiger partial charge in [0.05, 0.1) is 0 Å². The molecule has 1 amide bonds. The van der Waals surface area contributed by atoms with Gasteiger partial charge in [-0.25, -0.2) is 0 Å². The lowest BCUT2D eigenvalue weighted by Crippen LogP contribution is -2.39. The zero-order valence-corrected chi connectivity index (χ0v) is 15.7. The van der Waals surface area contributed by atoms with Gasteiger partial charge in [-0.15, -0.1) is 0 Å². The van der Waals surface area contributed by atoms with E-state index < -0.39 is 0 Å². The Balaban J connectivity index is 1.43. The lowest BCUT2D eigenvalue weighted by atomic mass is 10.1. The second-order valence-corrected chi connectivity index (χ2v) is 7.12. The van der Waals surface area contributed by atoms with E-state index >= 15 is 0 Å². The Kier molecular flexibility index (Phi) is 6.29. The summed E-state index contributed by atoms with van der Waals surface area (Å²) in [6.07, 6.45) is 3.46. The molecule has 0 bridgehead atoms. The molecule has 0 unspecified atom stereocenters. The first kappa shape index (κ1) is 18.5. The summed E-state index contributed by atoms with van der Waals surface area (Å²) in [5.74, 6) is 0.867. The quantitative estimate of drug-likeness (QED) is 0.798. The summed E-state index contributed by atoms with van der Waals surface area (Å²) in [4.78, 5) is 16.0. The van der Waals surface area contributed by atoms with Gasteiger partial charge in [0.15, 0.2) is 0 Å². The van der Waals surface area contributed by atoms with Crippen LogP contribution in [0, 0.1) is 0 Å². The van der Waals surface area contributed by atoms with Crippen molar-refractivity contribution in [3.05, 3.63) is 65.7 Å². The van der Waals surface area contributed by atoms with E-state index in [1.807, 2.05) is 24.3 Å². The molecule has 2 aromatic rings. The van der Waals surface area contributed by atoms with Crippen LogP contribution in [0.15, 0.2) is 54.6 Å². The van der Waals surface area contributed by atoms with Crippen molar-refractivity contribution in [3.63, 3.8) is 0 Å². The summed E-state index contributed by atoms with van der Waals surface area (Å²) in [5.41, 5.74) is 2.09. The molecule has 0 radical (unpaired) electrons. The molecule has 2 aromatic carbocycles. The highest BCUT2D eigenvalue weighted by atomic mass is 16.5. The topological polar surface area (TPSA) is 32.8 Å². The average Bonchev–Trinajstić information content (AvgIpc) is 2.68. The molecular weight excluding hydrogens is 324 g/mol. The van der Waals surface area contributed by atoms with Crippen molar-refractivity contribution in [1.82, 2.24) is 9.80 Å². The van der Waals surface area contributed by atoms with Gasteiger partial charge < -0.3 is 14.5 Å². The van der Waals surface area contributed by atoms with Crippen LogP contribution >= 0.6 is 0 Å². The minimum Gasteiger partial charge on any atom is -0.490 e. The number of amides is 1. The van der Waals surface area contributed by atoms with Crippen molar-refractivity contribution in [1.29, 1.82) is 0 Å². The molecule has 1 aliphatic rings. The summed E-state index contributed by atoms with van der Waals surface area (Å²) in [5, 5.41) is 0. The minimum absolute atomic E-state index is 0.0169. The number of rotatable bonds is 6. The van der Waals surface area contributed by atoms with E-state index in [2.05, 4.69) is 35.2 Å². The van der Waals surface area contributed by atoms with Gasteiger partial charge in [-0.2, -0.15) is 0 Å². The third-order valence-electron chi connectivity index (χ3n) is 4.90. The lowest BCUT2D eigenvalue weighted by Gasteiger charge is -2.32. The second-order valence-electron chi connectivity index (χ2n) is 7.12. The van der Waals surface area contributed by atoms with Crippen LogP contribution in [-0.2, 0) is 6.42 Å². The largest absolute Gasteiger partial charge is 0.490 e. The highest BCUT2D eigenvalue weighted by molar-refractivity contribution is 5.93. The highest BCUT2D eigenvalue weighted by Crippen LogP contribution is 2.20. The van der Waals surface area contributed by atoms with E-state index in [0.717, 1.165) is 44.6 Å². The van der Waals surface area contributed by atoms with Crippen LogP contribution in [0.5, 0.6) is 5.75 Å². The van der Waals surface area contributed by atoms with E-state index in [1.165, 1.54) is 5.56 Å². The summed E-state index contributed by atoms with van der Waals surface area (Å²) in [6.45, 7) is 3.27. The lowest BCUT2D eigenvalue weighted by molar-refractivity contribution is 0.0827. The highest BCUT2D eigenvalue weighted by Gasteiger charge is 2.20. The van der Waals surface area contributed by atoms with Crippen molar-refractivity contribution in [2.24, 2.45) is 0 Å². The third kappa shape index (κ3) is 5.09. The molecular formula is C22H28N2O2. The fourth-order valence-electron chi connectivity index (χ4n) is 3.31. The monoisotopic (exact) mass is 352 g/mol. The van der Waals surface area contributed by atoms with E-state index in [9.17, 15) is 4.79 Å². The number of carbonyl (C=O) groups excluding carboxylic acids is 1. The predicted octanol–water partition coefficient (Wildman–Crippen LogP) is 3.47. The Morgan fingerprint density at radius 1 is 1.04 bits per heavy atom. The van der Waals surface area contributed by atoms with Crippen molar-refractivity contribution in [3.8, 4) is 5.75 Å². The van der Waals surface area contributed by atoms with Gasteiger partial charge in [-0.1, -0.05) is 30.3 Å². The smallest absolute Gasteiger partial charge is 0.253 e. The van der Waals surface area contributed by atoms with Gasteiger partial charge in [0.2, 0.25) is 0 Å². The standard InChI is InChI=1S/C22H28N2O2/c1-23(2)22(25)19-8-10-20(11-9-19)26-21-13-16-24(17-14-21)15-12-18-6-4-3-5-7-18/h3-11,21H,12-17H2,1-2H3. The predicted molar refractivity (Wildman–Crippen MR) is 105 cm³/mol. The van der Waals surface area contributed by atoms with Crippen molar-refractivity contribution >= 4 is 5.91 Å². The van der Waals surface area contributed by atoms with Crippen LogP contribution in [0.3, 0.4) is 0 Å². The molecule has 138 valence electrons. The van der Waals surface area contributed by atoms with Gasteiger partial charge in [-0.05, 0) is 49.1 Å². The number of hydrogen-bond donors (Lipinski definition) is 0. The summed E-state index contributed by atoms with van der Waals surface area (Å²) < 4.78 is 6.11. The van der Waals surface area contributed by atoms with Gasteiger partial charge in [-0.3, -0.25) is 4.79 Å². The molecule has 4 nitrogen and oxygen atoms in total. The fraction of sp³-hybridized carbons (Fsp3) is 0.409. The van der Waals surface area contributed by atoms with Gasteiger partial charge in [0.1, 0.15) is 11.9 Å². The maximum Gasteiger partial charge on any atom is 0.253 e. The van der Waals surface area contributed by atoms with Crippen molar-refractivity contribution in [2.45, 2.75) is 25.4 Å². The second kappa shape index (κ2) is 8.86. The first-order chi connectivity index (χ1) is 12.6. The Morgan fingerprint density at radius 2 is 1.69 bits per heavy atom. The van der Waals surface area contributed by atoms with Crippen molar-refractivity contribution < 1.29 is 9.53 Å². The summed E-state index contributed by atoms with van der Waals surface area (Å²) >= 11 is 0. The number of piperidine rings is 1. The van der Waals surface area contributed by atoms with Crippen LogP contribution in [0.2, 0.25) is 0 Å². The number of benzene rings is 2. The van der Waals surface area contributed by atoms with Gasteiger partial charge in [0, 0.05) is 39.3 Å². The molecule has 1 fully saturated rings. The number of likely N-dealkylation sites (tertiary alicyclic amines) is 1.